The maximum absolute atomic E-state index is 12.1. The van der Waals surface area contributed by atoms with Crippen LogP contribution in [0.2, 0.25) is 0 Å². The highest BCUT2D eigenvalue weighted by molar-refractivity contribution is 5.91. The smallest absolute Gasteiger partial charge is 0.224 e. The predicted octanol–water partition coefficient (Wildman–Crippen LogP) is 4.25. The van der Waals surface area contributed by atoms with Crippen LogP contribution >= 0.6 is 0 Å². The molecule has 0 aliphatic rings. The van der Waals surface area contributed by atoms with Crippen molar-refractivity contribution in [3.63, 3.8) is 0 Å². The maximum Gasteiger partial charge on any atom is 0.224 e. The van der Waals surface area contributed by atoms with Crippen molar-refractivity contribution < 1.29 is 9.53 Å². The van der Waals surface area contributed by atoms with Crippen molar-refractivity contribution in [1.82, 2.24) is 0 Å². The van der Waals surface area contributed by atoms with E-state index in [1.54, 1.807) is 0 Å². The highest BCUT2D eigenvalue weighted by atomic mass is 16.5. The number of carbonyl (C=O) groups is 1. The van der Waals surface area contributed by atoms with Gasteiger partial charge >= 0.3 is 0 Å². The Balaban J connectivity index is 1.90. The molecule has 128 valence electrons. The number of hydrogen-bond acceptors (Lipinski definition) is 3. The zero-order valence-corrected chi connectivity index (χ0v) is 14.7. The van der Waals surface area contributed by atoms with Gasteiger partial charge in [0.25, 0.3) is 0 Å². The van der Waals surface area contributed by atoms with Gasteiger partial charge in [0.1, 0.15) is 5.75 Å². The van der Waals surface area contributed by atoms with Gasteiger partial charge in [-0.3, -0.25) is 4.79 Å². The lowest BCUT2D eigenvalue weighted by molar-refractivity contribution is -0.116. The number of rotatable bonds is 7. The number of benzene rings is 2. The molecule has 0 aliphatic carbocycles. The average molecular weight is 326 g/mol. The Hall–Kier alpha value is -2.49. The van der Waals surface area contributed by atoms with E-state index in [4.69, 9.17) is 10.5 Å². The molecular weight excluding hydrogens is 300 g/mol. The SMILES string of the molecule is CCCOc1ccc(CCC(=O)Nc2ccc(C)cc2C)cc1N. The van der Waals surface area contributed by atoms with Gasteiger partial charge in [0, 0.05) is 12.1 Å². The molecular formula is C20H26N2O2. The molecule has 0 saturated heterocycles. The predicted molar refractivity (Wildman–Crippen MR) is 99.5 cm³/mol. The van der Waals surface area contributed by atoms with Crippen LogP contribution in [0.3, 0.4) is 0 Å². The van der Waals surface area contributed by atoms with Gasteiger partial charge in [0.15, 0.2) is 0 Å². The Kier molecular flexibility index (Phi) is 6.24. The summed E-state index contributed by atoms with van der Waals surface area (Å²) in [5, 5.41) is 2.97. The van der Waals surface area contributed by atoms with Crippen LogP contribution in [0, 0.1) is 13.8 Å². The van der Waals surface area contributed by atoms with Crippen molar-refractivity contribution in [2.45, 2.75) is 40.0 Å². The molecule has 4 heteroatoms. The van der Waals surface area contributed by atoms with Gasteiger partial charge in [0.05, 0.1) is 12.3 Å². The molecule has 3 N–H and O–H groups in total. The van der Waals surface area contributed by atoms with Gasteiger partial charge in [-0.2, -0.15) is 0 Å². The molecule has 2 aromatic rings. The zero-order chi connectivity index (χ0) is 17.5. The fourth-order valence-electron chi connectivity index (χ4n) is 2.52. The fourth-order valence-corrected chi connectivity index (χ4v) is 2.52. The highest BCUT2D eigenvalue weighted by Gasteiger charge is 2.07. The molecule has 0 heterocycles. The first-order valence-corrected chi connectivity index (χ1v) is 8.38. The largest absolute Gasteiger partial charge is 0.491 e. The molecule has 0 fully saturated rings. The van der Waals surface area contributed by atoms with Crippen LogP contribution in [0.1, 0.15) is 36.5 Å². The van der Waals surface area contributed by atoms with Crippen molar-refractivity contribution in [1.29, 1.82) is 0 Å². The summed E-state index contributed by atoms with van der Waals surface area (Å²) in [6.45, 7) is 6.75. The minimum absolute atomic E-state index is 0.00633. The monoisotopic (exact) mass is 326 g/mol. The third-order valence-electron chi connectivity index (χ3n) is 3.83. The molecule has 2 rings (SSSR count). The summed E-state index contributed by atoms with van der Waals surface area (Å²) in [7, 11) is 0. The molecule has 1 amide bonds. The van der Waals surface area contributed by atoms with E-state index in [-0.39, 0.29) is 5.91 Å². The summed E-state index contributed by atoms with van der Waals surface area (Å²) >= 11 is 0. The van der Waals surface area contributed by atoms with Crippen LogP contribution in [0.4, 0.5) is 11.4 Å². The lowest BCUT2D eigenvalue weighted by atomic mass is 10.1. The van der Waals surface area contributed by atoms with E-state index in [9.17, 15) is 4.79 Å². The van der Waals surface area contributed by atoms with Crippen molar-refractivity contribution in [3.05, 3.63) is 53.1 Å². The fraction of sp³-hybridized carbons (Fsp3) is 0.350. The molecule has 2 aromatic carbocycles. The van der Waals surface area contributed by atoms with Crippen LogP contribution in [-0.2, 0) is 11.2 Å². The number of nitrogens with one attached hydrogen (secondary N) is 1. The maximum atomic E-state index is 12.1. The van der Waals surface area contributed by atoms with Crippen molar-refractivity contribution in [2.75, 3.05) is 17.7 Å². The molecule has 0 atom stereocenters. The van der Waals surface area contributed by atoms with Crippen LogP contribution in [0.15, 0.2) is 36.4 Å². The Morgan fingerprint density at radius 3 is 2.62 bits per heavy atom. The molecule has 0 saturated carbocycles. The van der Waals surface area contributed by atoms with Gasteiger partial charge < -0.3 is 15.8 Å². The first-order chi connectivity index (χ1) is 11.5. The normalized spacial score (nSPS) is 10.5. The van der Waals surface area contributed by atoms with Gasteiger partial charge in [-0.15, -0.1) is 0 Å². The third kappa shape index (κ3) is 5.01. The number of ether oxygens (including phenoxy) is 1. The molecule has 24 heavy (non-hydrogen) atoms. The standard InChI is InChI=1S/C20H26N2O2/c1-4-11-24-19-9-6-16(13-17(19)21)7-10-20(23)22-18-8-5-14(2)12-15(18)3/h5-6,8-9,12-13H,4,7,10-11,21H2,1-3H3,(H,22,23). The van der Waals surface area contributed by atoms with Crippen LogP contribution in [-0.4, -0.2) is 12.5 Å². The molecule has 0 aliphatic heterocycles. The van der Waals surface area contributed by atoms with E-state index in [2.05, 4.69) is 18.3 Å². The second kappa shape index (κ2) is 8.39. The average Bonchev–Trinajstić information content (AvgIpc) is 2.55. The minimum atomic E-state index is 0.00633. The van der Waals surface area contributed by atoms with E-state index in [1.165, 1.54) is 5.56 Å². The Labute approximate surface area is 144 Å². The van der Waals surface area contributed by atoms with Gasteiger partial charge in [-0.05, 0) is 56.0 Å². The van der Waals surface area contributed by atoms with E-state index in [0.717, 1.165) is 23.2 Å². The van der Waals surface area contributed by atoms with Gasteiger partial charge in [0.2, 0.25) is 5.91 Å². The number of amides is 1. The van der Waals surface area contributed by atoms with Crippen molar-refractivity contribution in [2.24, 2.45) is 0 Å². The number of anilines is 2. The van der Waals surface area contributed by atoms with E-state index < -0.39 is 0 Å². The summed E-state index contributed by atoms with van der Waals surface area (Å²) in [6.07, 6.45) is 2.01. The zero-order valence-electron chi connectivity index (χ0n) is 14.7. The Morgan fingerprint density at radius 1 is 1.17 bits per heavy atom. The Morgan fingerprint density at radius 2 is 1.96 bits per heavy atom. The second-order valence-corrected chi connectivity index (χ2v) is 6.09. The molecule has 4 nitrogen and oxygen atoms in total. The molecule has 0 spiro atoms. The van der Waals surface area contributed by atoms with Crippen LogP contribution in [0.5, 0.6) is 5.75 Å². The number of nitrogens with two attached hydrogens (primary N) is 1. The van der Waals surface area contributed by atoms with E-state index in [1.807, 2.05) is 44.2 Å². The van der Waals surface area contributed by atoms with Gasteiger partial charge in [-0.25, -0.2) is 0 Å². The lowest BCUT2D eigenvalue weighted by Crippen LogP contribution is -2.13. The number of hydrogen-bond donors (Lipinski definition) is 2. The summed E-state index contributed by atoms with van der Waals surface area (Å²) in [5.41, 5.74) is 10.8. The summed E-state index contributed by atoms with van der Waals surface area (Å²) in [6, 6.07) is 11.7. The van der Waals surface area contributed by atoms with Crippen molar-refractivity contribution in [3.8, 4) is 5.75 Å². The van der Waals surface area contributed by atoms with Crippen LogP contribution in [0.25, 0.3) is 0 Å². The third-order valence-corrected chi connectivity index (χ3v) is 3.83. The number of nitrogen functional groups attached to an aromatic ring is 1. The van der Waals surface area contributed by atoms with Gasteiger partial charge in [-0.1, -0.05) is 30.7 Å². The van der Waals surface area contributed by atoms with Crippen molar-refractivity contribution >= 4 is 17.3 Å². The molecule has 0 unspecified atom stereocenters. The molecule has 0 aromatic heterocycles. The van der Waals surface area contributed by atoms with E-state index in [0.29, 0.717) is 30.9 Å². The highest BCUT2D eigenvalue weighted by Crippen LogP contribution is 2.23. The number of carbonyl (C=O) groups excluding carboxylic acids is 1. The molecule has 0 bridgehead atoms. The topological polar surface area (TPSA) is 64.3 Å². The minimum Gasteiger partial charge on any atom is -0.491 e. The quantitative estimate of drug-likeness (QED) is 0.748. The second-order valence-electron chi connectivity index (χ2n) is 6.09. The molecule has 0 radical (unpaired) electrons. The number of aryl methyl sites for hydroxylation is 3. The first-order valence-electron chi connectivity index (χ1n) is 8.38. The van der Waals surface area contributed by atoms with E-state index >= 15 is 0 Å². The first kappa shape index (κ1) is 17.9. The summed E-state index contributed by atoms with van der Waals surface area (Å²) in [4.78, 5) is 12.1. The van der Waals surface area contributed by atoms with Crippen LogP contribution < -0.4 is 15.8 Å². The summed E-state index contributed by atoms with van der Waals surface area (Å²) < 4.78 is 5.56. The summed E-state index contributed by atoms with van der Waals surface area (Å²) in [5.74, 6) is 0.715. The Bertz CT molecular complexity index is 711. The lowest BCUT2D eigenvalue weighted by Gasteiger charge is -2.11.